The molecule has 0 radical (unpaired) electrons. The number of furan rings is 1. The summed E-state index contributed by atoms with van der Waals surface area (Å²) in [5.74, 6) is -1.51. The largest absolute Gasteiger partial charge is 0.472 e. The summed E-state index contributed by atoms with van der Waals surface area (Å²) in [6.07, 6.45) is 2.99. The average Bonchev–Trinajstić information content (AvgIpc) is 2.88. The van der Waals surface area contributed by atoms with Crippen LogP contribution in [0.5, 0.6) is 0 Å². The van der Waals surface area contributed by atoms with Gasteiger partial charge in [0.2, 0.25) is 0 Å². The van der Waals surface area contributed by atoms with Crippen molar-refractivity contribution in [1.82, 2.24) is 0 Å². The van der Waals surface area contributed by atoms with E-state index in [4.69, 9.17) is 9.15 Å². The van der Waals surface area contributed by atoms with Crippen LogP contribution < -0.4 is 0 Å². The number of aliphatic hydroxyl groups is 1. The minimum Gasteiger partial charge on any atom is -0.472 e. The van der Waals surface area contributed by atoms with Crippen LogP contribution in [0, 0.1) is 11.8 Å². The lowest BCUT2D eigenvalue weighted by Gasteiger charge is -2.39. The SMILES string of the molecule is CCOC(=O)[C@@H]1C[C@H](C)C(=O)C[C@@]1(O)c1ccoc1. The number of esters is 1. The molecule has 0 bridgehead atoms. The molecule has 19 heavy (non-hydrogen) atoms. The molecule has 1 aromatic rings. The van der Waals surface area contributed by atoms with Crippen molar-refractivity contribution >= 4 is 11.8 Å². The molecule has 1 N–H and O–H groups in total. The van der Waals surface area contributed by atoms with E-state index in [0.29, 0.717) is 12.0 Å². The first-order chi connectivity index (χ1) is 8.99. The average molecular weight is 266 g/mol. The second-order valence-corrected chi connectivity index (χ2v) is 5.02. The molecule has 1 saturated carbocycles. The van der Waals surface area contributed by atoms with Crippen molar-refractivity contribution in [3.8, 4) is 0 Å². The Kier molecular flexibility index (Phi) is 3.75. The van der Waals surface area contributed by atoms with Gasteiger partial charge in [0.15, 0.2) is 0 Å². The summed E-state index contributed by atoms with van der Waals surface area (Å²) >= 11 is 0. The summed E-state index contributed by atoms with van der Waals surface area (Å²) in [6, 6.07) is 1.58. The Morgan fingerprint density at radius 1 is 1.63 bits per heavy atom. The predicted octanol–water partition coefficient (Wildman–Crippen LogP) is 1.65. The quantitative estimate of drug-likeness (QED) is 0.842. The number of hydrogen-bond donors (Lipinski definition) is 1. The highest BCUT2D eigenvalue weighted by Crippen LogP contribution is 2.43. The maximum atomic E-state index is 12.0. The van der Waals surface area contributed by atoms with Gasteiger partial charge in [0.25, 0.3) is 0 Å². The number of carbonyl (C=O) groups is 2. The summed E-state index contributed by atoms with van der Waals surface area (Å²) in [5.41, 5.74) is -1.08. The number of carbonyl (C=O) groups excluding carboxylic acids is 2. The van der Waals surface area contributed by atoms with Crippen molar-refractivity contribution < 1.29 is 23.8 Å². The number of rotatable bonds is 3. The van der Waals surface area contributed by atoms with Gasteiger partial charge in [-0.1, -0.05) is 6.92 Å². The van der Waals surface area contributed by atoms with E-state index in [1.807, 2.05) is 0 Å². The van der Waals surface area contributed by atoms with Crippen molar-refractivity contribution in [2.45, 2.75) is 32.3 Å². The van der Waals surface area contributed by atoms with E-state index in [1.54, 1.807) is 19.9 Å². The van der Waals surface area contributed by atoms with Crippen LogP contribution in [0.25, 0.3) is 0 Å². The Balaban J connectivity index is 2.35. The lowest BCUT2D eigenvalue weighted by molar-refractivity contribution is -0.167. The van der Waals surface area contributed by atoms with E-state index < -0.39 is 17.5 Å². The van der Waals surface area contributed by atoms with E-state index >= 15 is 0 Å². The molecule has 1 heterocycles. The fourth-order valence-corrected chi connectivity index (χ4v) is 2.59. The first kappa shape index (κ1) is 13.8. The van der Waals surface area contributed by atoms with Crippen LogP contribution in [-0.4, -0.2) is 23.5 Å². The van der Waals surface area contributed by atoms with Gasteiger partial charge in [-0.15, -0.1) is 0 Å². The molecule has 2 rings (SSSR count). The van der Waals surface area contributed by atoms with Crippen LogP contribution in [0.4, 0.5) is 0 Å². The Labute approximate surface area is 111 Å². The van der Waals surface area contributed by atoms with Gasteiger partial charge in [0.05, 0.1) is 25.1 Å². The third-order valence-corrected chi connectivity index (χ3v) is 3.75. The Morgan fingerprint density at radius 3 is 2.95 bits per heavy atom. The van der Waals surface area contributed by atoms with Crippen LogP contribution in [0.15, 0.2) is 23.0 Å². The first-order valence-corrected chi connectivity index (χ1v) is 6.43. The molecular formula is C14H18O5. The van der Waals surface area contributed by atoms with Gasteiger partial charge in [-0.3, -0.25) is 9.59 Å². The van der Waals surface area contributed by atoms with Gasteiger partial charge < -0.3 is 14.3 Å². The van der Waals surface area contributed by atoms with Crippen molar-refractivity contribution in [2.24, 2.45) is 11.8 Å². The topological polar surface area (TPSA) is 76.7 Å². The molecule has 104 valence electrons. The lowest BCUT2D eigenvalue weighted by atomic mass is 9.68. The van der Waals surface area contributed by atoms with Crippen molar-refractivity contribution in [3.63, 3.8) is 0 Å². The Morgan fingerprint density at radius 2 is 2.37 bits per heavy atom. The van der Waals surface area contributed by atoms with Crippen molar-refractivity contribution in [3.05, 3.63) is 24.2 Å². The summed E-state index contributed by atoms with van der Waals surface area (Å²) in [5, 5.41) is 10.8. The third kappa shape index (κ3) is 2.42. The molecule has 0 aromatic carbocycles. The molecule has 3 atom stereocenters. The van der Waals surface area contributed by atoms with Crippen LogP contribution in [-0.2, 0) is 19.9 Å². The number of Topliss-reactive ketones (excluding diaryl/α,β-unsaturated/α-hetero) is 1. The second kappa shape index (κ2) is 5.17. The Bertz CT molecular complexity index is 464. The highest BCUT2D eigenvalue weighted by molar-refractivity contribution is 5.86. The maximum Gasteiger partial charge on any atom is 0.312 e. The van der Waals surface area contributed by atoms with Gasteiger partial charge in [0, 0.05) is 17.9 Å². The van der Waals surface area contributed by atoms with Crippen molar-refractivity contribution in [2.75, 3.05) is 6.61 Å². The van der Waals surface area contributed by atoms with E-state index in [2.05, 4.69) is 0 Å². The van der Waals surface area contributed by atoms with Gasteiger partial charge >= 0.3 is 5.97 Å². The fraction of sp³-hybridized carbons (Fsp3) is 0.571. The van der Waals surface area contributed by atoms with E-state index in [-0.39, 0.29) is 24.7 Å². The standard InChI is InChI=1S/C14H18O5/c1-3-19-13(16)11-6-9(2)12(15)7-14(11,17)10-4-5-18-8-10/h4-5,8-9,11,17H,3,6-7H2,1-2H3/t9-,11-,14+/m0/s1. The zero-order valence-corrected chi connectivity index (χ0v) is 11.1. The van der Waals surface area contributed by atoms with Crippen LogP contribution in [0.3, 0.4) is 0 Å². The molecule has 1 aliphatic rings. The van der Waals surface area contributed by atoms with E-state index in [1.165, 1.54) is 12.5 Å². The van der Waals surface area contributed by atoms with E-state index in [0.717, 1.165) is 0 Å². The highest BCUT2D eigenvalue weighted by Gasteiger charge is 2.50. The summed E-state index contributed by atoms with van der Waals surface area (Å²) in [4.78, 5) is 23.9. The molecule has 1 fully saturated rings. The van der Waals surface area contributed by atoms with Crippen LogP contribution in [0.1, 0.15) is 32.3 Å². The summed E-state index contributed by atoms with van der Waals surface area (Å²) in [7, 11) is 0. The minimum absolute atomic E-state index is 0.0516. The number of hydrogen-bond acceptors (Lipinski definition) is 5. The Hall–Kier alpha value is -1.62. The molecule has 0 aliphatic heterocycles. The zero-order chi connectivity index (χ0) is 14.0. The maximum absolute atomic E-state index is 12.0. The molecule has 0 spiro atoms. The van der Waals surface area contributed by atoms with Crippen LogP contribution >= 0.6 is 0 Å². The molecule has 1 aliphatic carbocycles. The lowest BCUT2D eigenvalue weighted by Crippen LogP contribution is -2.48. The summed E-state index contributed by atoms with van der Waals surface area (Å²) in [6.45, 7) is 3.73. The molecule has 5 nitrogen and oxygen atoms in total. The molecule has 1 aromatic heterocycles. The highest BCUT2D eigenvalue weighted by atomic mass is 16.5. The monoisotopic (exact) mass is 266 g/mol. The molecule has 5 heteroatoms. The van der Waals surface area contributed by atoms with E-state index in [9.17, 15) is 14.7 Å². The third-order valence-electron chi connectivity index (χ3n) is 3.75. The van der Waals surface area contributed by atoms with Gasteiger partial charge in [0.1, 0.15) is 11.4 Å². The molecule has 0 saturated heterocycles. The first-order valence-electron chi connectivity index (χ1n) is 6.43. The number of ketones is 1. The normalized spacial score (nSPS) is 31.2. The fourth-order valence-electron chi connectivity index (χ4n) is 2.59. The molecular weight excluding hydrogens is 248 g/mol. The summed E-state index contributed by atoms with van der Waals surface area (Å²) < 4.78 is 9.98. The minimum atomic E-state index is -1.52. The smallest absolute Gasteiger partial charge is 0.312 e. The van der Waals surface area contributed by atoms with Gasteiger partial charge in [-0.25, -0.2) is 0 Å². The van der Waals surface area contributed by atoms with Crippen molar-refractivity contribution in [1.29, 1.82) is 0 Å². The van der Waals surface area contributed by atoms with Gasteiger partial charge in [-0.05, 0) is 19.4 Å². The molecule has 0 unspecified atom stereocenters. The van der Waals surface area contributed by atoms with Crippen LogP contribution in [0.2, 0.25) is 0 Å². The molecule has 0 amide bonds. The predicted molar refractivity (Wildman–Crippen MR) is 66.1 cm³/mol. The van der Waals surface area contributed by atoms with Gasteiger partial charge in [-0.2, -0.15) is 0 Å². The second-order valence-electron chi connectivity index (χ2n) is 5.02. The zero-order valence-electron chi connectivity index (χ0n) is 11.1. The number of ether oxygens (including phenoxy) is 1.